The van der Waals surface area contributed by atoms with Crippen LogP contribution in [0.5, 0.6) is 5.75 Å². The minimum atomic E-state index is 0.605. The maximum Gasteiger partial charge on any atom is 0.192 e. The van der Waals surface area contributed by atoms with Crippen LogP contribution in [-0.2, 0) is 12.3 Å². The number of methoxy groups -OCH3 is 1. The molecule has 0 aliphatic heterocycles. The van der Waals surface area contributed by atoms with Crippen LogP contribution in [0.3, 0.4) is 0 Å². The molecule has 0 fully saturated rings. The number of hydrogen-bond donors (Lipinski definition) is 0. The zero-order valence-electron chi connectivity index (χ0n) is 14.8. The van der Waals surface area contributed by atoms with Gasteiger partial charge in [-0.3, -0.25) is 4.57 Å². The van der Waals surface area contributed by atoms with E-state index in [1.807, 2.05) is 28.8 Å². The van der Waals surface area contributed by atoms with E-state index in [1.54, 1.807) is 24.9 Å². The van der Waals surface area contributed by atoms with Crippen molar-refractivity contribution in [3.8, 4) is 17.1 Å². The molecule has 2 aromatic carbocycles. The molecular weight excluding hydrogens is 366 g/mol. The van der Waals surface area contributed by atoms with Crippen LogP contribution in [0, 0.1) is 6.92 Å². The van der Waals surface area contributed by atoms with Crippen LogP contribution in [-0.4, -0.2) is 21.9 Å². The van der Waals surface area contributed by atoms with Gasteiger partial charge >= 0.3 is 0 Å². The van der Waals surface area contributed by atoms with Crippen molar-refractivity contribution in [2.75, 3.05) is 7.11 Å². The molecule has 0 aliphatic carbocycles. The molecular formula is C20H20ClN3OS. The lowest BCUT2D eigenvalue weighted by molar-refractivity contribution is 0.416. The van der Waals surface area contributed by atoms with Gasteiger partial charge in [0.1, 0.15) is 5.75 Å². The molecule has 0 spiro atoms. The molecule has 0 saturated heterocycles. The molecule has 0 atom stereocenters. The second-order valence-electron chi connectivity index (χ2n) is 5.77. The number of aromatic nitrogens is 3. The van der Waals surface area contributed by atoms with Gasteiger partial charge in [0, 0.05) is 17.3 Å². The van der Waals surface area contributed by atoms with E-state index in [0.29, 0.717) is 17.3 Å². The van der Waals surface area contributed by atoms with Crippen LogP contribution in [0.25, 0.3) is 11.4 Å². The number of halogens is 1. The third-order valence-electron chi connectivity index (χ3n) is 4.05. The highest BCUT2D eigenvalue weighted by atomic mass is 35.5. The molecule has 1 aromatic heterocycles. The lowest BCUT2D eigenvalue weighted by atomic mass is 10.1. The Balaban J connectivity index is 1.95. The van der Waals surface area contributed by atoms with Crippen molar-refractivity contribution in [2.24, 2.45) is 0 Å². The SMILES string of the molecule is C=CCn1c(SCc2ccccc2C)nnc1-c1cc(Cl)ccc1OC. The third kappa shape index (κ3) is 3.94. The Kier molecular flexibility index (Phi) is 6.01. The van der Waals surface area contributed by atoms with E-state index in [0.717, 1.165) is 22.3 Å². The predicted molar refractivity (Wildman–Crippen MR) is 108 cm³/mol. The summed E-state index contributed by atoms with van der Waals surface area (Å²) in [7, 11) is 1.63. The van der Waals surface area contributed by atoms with Crippen molar-refractivity contribution in [3.05, 3.63) is 71.3 Å². The summed E-state index contributed by atoms with van der Waals surface area (Å²) in [4.78, 5) is 0. The number of benzene rings is 2. The molecule has 0 saturated carbocycles. The summed E-state index contributed by atoms with van der Waals surface area (Å²) in [5, 5.41) is 10.3. The fourth-order valence-electron chi connectivity index (χ4n) is 2.66. The lowest BCUT2D eigenvalue weighted by Crippen LogP contribution is -2.02. The summed E-state index contributed by atoms with van der Waals surface area (Å²) in [5.41, 5.74) is 3.37. The van der Waals surface area contributed by atoms with Gasteiger partial charge in [0.2, 0.25) is 0 Å². The summed E-state index contributed by atoms with van der Waals surface area (Å²) in [5.74, 6) is 2.26. The van der Waals surface area contributed by atoms with Crippen LogP contribution in [0.1, 0.15) is 11.1 Å². The number of allylic oxidation sites excluding steroid dienone is 1. The van der Waals surface area contributed by atoms with Gasteiger partial charge in [0.05, 0.1) is 12.7 Å². The van der Waals surface area contributed by atoms with Gasteiger partial charge in [0.25, 0.3) is 0 Å². The van der Waals surface area contributed by atoms with Gasteiger partial charge in [-0.05, 0) is 36.2 Å². The van der Waals surface area contributed by atoms with E-state index in [2.05, 4.69) is 41.9 Å². The summed E-state index contributed by atoms with van der Waals surface area (Å²) in [6, 6.07) is 13.8. The lowest BCUT2D eigenvalue weighted by Gasteiger charge is -2.11. The monoisotopic (exact) mass is 385 g/mol. The molecule has 3 rings (SSSR count). The minimum absolute atomic E-state index is 0.605. The standard InChI is InChI=1S/C20H20ClN3OS/c1-4-11-24-19(17-12-16(21)9-10-18(17)25-3)22-23-20(24)26-13-15-8-6-5-7-14(15)2/h4-10,12H,1,11,13H2,2-3H3. The van der Waals surface area contributed by atoms with Crippen molar-refractivity contribution in [1.29, 1.82) is 0 Å². The largest absolute Gasteiger partial charge is 0.496 e. The maximum atomic E-state index is 6.18. The Hall–Kier alpha value is -2.24. The van der Waals surface area contributed by atoms with E-state index >= 15 is 0 Å². The fraction of sp³-hybridized carbons (Fsp3) is 0.200. The number of nitrogens with zero attached hydrogens (tertiary/aromatic N) is 3. The van der Waals surface area contributed by atoms with Crippen molar-refractivity contribution < 1.29 is 4.74 Å². The van der Waals surface area contributed by atoms with Crippen molar-refractivity contribution >= 4 is 23.4 Å². The molecule has 134 valence electrons. The van der Waals surface area contributed by atoms with E-state index in [-0.39, 0.29) is 0 Å². The Bertz CT molecular complexity index is 923. The molecule has 0 amide bonds. The number of aryl methyl sites for hydroxylation is 1. The van der Waals surface area contributed by atoms with Crippen molar-refractivity contribution in [3.63, 3.8) is 0 Å². The summed E-state index contributed by atoms with van der Waals surface area (Å²) >= 11 is 7.84. The van der Waals surface area contributed by atoms with Gasteiger partial charge in [0.15, 0.2) is 11.0 Å². The Morgan fingerprint density at radius 2 is 2.04 bits per heavy atom. The van der Waals surface area contributed by atoms with Gasteiger partial charge in [-0.1, -0.05) is 53.7 Å². The van der Waals surface area contributed by atoms with Gasteiger partial charge in [-0.2, -0.15) is 0 Å². The van der Waals surface area contributed by atoms with E-state index < -0.39 is 0 Å². The van der Waals surface area contributed by atoms with Crippen LogP contribution in [0.15, 0.2) is 60.3 Å². The summed E-state index contributed by atoms with van der Waals surface area (Å²) in [6.07, 6.45) is 1.84. The molecule has 3 aromatic rings. The predicted octanol–water partition coefficient (Wildman–Crippen LogP) is 5.39. The molecule has 0 radical (unpaired) electrons. The molecule has 0 N–H and O–H groups in total. The maximum absolute atomic E-state index is 6.18. The van der Waals surface area contributed by atoms with Gasteiger partial charge < -0.3 is 4.74 Å². The van der Waals surface area contributed by atoms with Crippen LogP contribution in [0.2, 0.25) is 5.02 Å². The number of thioether (sulfide) groups is 1. The first-order chi connectivity index (χ1) is 12.6. The highest BCUT2D eigenvalue weighted by Crippen LogP contribution is 2.34. The highest BCUT2D eigenvalue weighted by Gasteiger charge is 2.17. The van der Waals surface area contributed by atoms with E-state index in [9.17, 15) is 0 Å². The van der Waals surface area contributed by atoms with E-state index in [1.165, 1.54) is 11.1 Å². The first-order valence-electron chi connectivity index (χ1n) is 8.19. The third-order valence-corrected chi connectivity index (χ3v) is 5.30. The summed E-state index contributed by atoms with van der Waals surface area (Å²) < 4.78 is 7.50. The van der Waals surface area contributed by atoms with Crippen molar-refractivity contribution in [2.45, 2.75) is 24.4 Å². The first-order valence-corrected chi connectivity index (χ1v) is 9.55. The van der Waals surface area contributed by atoms with Gasteiger partial charge in [-0.15, -0.1) is 16.8 Å². The normalized spacial score (nSPS) is 10.7. The number of ether oxygens (including phenoxy) is 1. The van der Waals surface area contributed by atoms with Crippen LogP contribution in [0.4, 0.5) is 0 Å². The average Bonchev–Trinajstić information content (AvgIpc) is 3.04. The second-order valence-corrected chi connectivity index (χ2v) is 7.14. The molecule has 0 bridgehead atoms. The Morgan fingerprint density at radius 3 is 2.77 bits per heavy atom. The minimum Gasteiger partial charge on any atom is -0.496 e. The quantitative estimate of drug-likeness (QED) is 0.403. The molecule has 4 nitrogen and oxygen atoms in total. The van der Waals surface area contributed by atoms with Crippen LogP contribution < -0.4 is 4.74 Å². The number of rotatable bonds is 7. The second kappa shape index (κ2) is 8.43. The van der Waals surface area contributed by atoms with E-state index in [4.69, 9.17) is 16.3 Å². The fourth-order valence-corrected chi connectivity index (χ4v) is 3.85. The van der Waals surface area contributed by atoms with Gasteiger partial charge in [-0.25, -0.2) is 0 Å². The molecule has 1 heterocycles. The zero-order valence-corrected chi connectivity index (χ0v) is 16.3. The highest BCUT2D eigenvalue weighted by molar-refractivity contribution is 7.98. The topological polar surface area (TPSA) is 39.9 Å². The van der Waals surface area contributed by atoms with Crippen LogP contribution >= 0.6 is 23.4 Å². The average molecular weight is 386 g/mol. The molecule has 6 heteroatoms. The smallest absolute Gasteiger partial charge is 0.192 e. The molecule has 26 heavy (non-hydrogen) atoms. The first kappa shape index (κ1) is 18.5. The molecule has 0 unspecified atom stereocenters. The Labute approximate surface area is 162 Å². The number of hydrogen-bond acceptors (Lipinski definition) is 4. The zero-order chi connectivity index (χ0) is 18.5. The molecule has 0 aliphatic rings. The Morgan fingerprint density at radius 1 is 1.23 bits per heavy atom. The van der Waals surface area contributed by atoms with Crippen molar-refractivity contribution in [1.82, 2.24) is 14.8 Å². The summed E-state index contributed by atoms with van der Waals surface area (Å²) in [6.45, 7) is 6.58.